The molecule has 0 bridgehead atoms. The van der Waals surface area contributed by atoms with Crippen molar-refractivity contribution in [1.82, 2.24) is 10.2 Å². The van der Waals surface area contributed by atoms with E-state index in [-0.39, 0.29) is 5.60 Å². The van der Waals surface area contributed by atoms with Crippen LogP contribution in [0, 0.1) is 5.41 Å². The summed E-state index contributed by atoms with van der Waals surface area (Å²) in [5.41, 5.74) is 8.94. The highest BCUT2D eigenvalue weighted by Gasteiger charge is 2.28. The lowest BCUT2D eigenvalue weighted by Crippen LogP contribution is -2.24. The molecule has 0 atom stereocenters. The van der Waals surface area contributed by atoms with Crippen LogP contribution < -0.4 is 11.1 Å². The van der Waals surface area contributed by atoms with Crippen molar-refractivity contribution >= 4 is 51.6 Å². The zero-order valence-corrected chi connectivity index (χ0v) is 17.4. The van der Waals surface area contributed by atoms with Gasteiger partial charge < -0.3 is 21.2 Å². The minimum Gasteiger partial charge on any atom is -0.469 e. The van der Waals surface area contributed by atoms with Crippen molar-refractivity contribution in [2.24, 2.45) is 4.99 Å². The predicted molar refractivity (Wildman–Crippen MR) is 119 cm³/mol. The van der Waals surface area contributed by atoms with E-state index in [4.69, 9.17) is 27.5 Å². The summed E-state index contributed by atoms with van der Waals surface area (Å²) in [6.45, 7) is 4.67. The van der Waals surface area contributed by atoms with Gasteiger partial charge in [-0.2, -0.15) is 0 Å². The Morgan fingerprint density at radius 3 is 2.76 bits per heavy atom. The Bertz CT molecular complexity index is 1120. The molecule has 1 aliphatic rings. The summed E-state index contributed by atoms with van der Waals surface area (Å²) < 4.78 is 5.92. The smallest absolute Gasteiger partial charge is 0.216 e. The molecular weight excluding hydrogens is 408 g/mol. The molecule has 0 amide bonds. The highest BCUT2D eigenvalue weighted by Crippen LogP contribution is 2.34. The van der Waals surface area contributed by atoms with Crippen LogP contribution in [0.4, 0.5) is 16.5 Å². The van der Waals surface area contributed by atoms with E-state index in [1.54, 1.807) is 12.1 Å². The second kappa shape index (κ2) is 7.46. The lowest BCUT2D eigenvalue weighted by Gasteiger charge is -2.17. The quantitative estimate of drug-likeness (QED) is 0.403. The number of anilines is 3. The second-order valence-corrected chi connectivity index (χ2v) is 8.53. The van der Waals surface area contributed by atoms with E-state index in [9.17, 15) is 0 Å². The molecule has 0 saturated carbocycles. The van der Waals surface area contributed by atoms with Crippen LogP contribution in [0.15, 0.2) is 41.4 Å². The van der Waals surface area contributed by atoms with Gasteiger partial charge >= 0.3 is 0 Å². The number of nitrogens with zero attached hydrogens (tertiary/aromatic N) is 3. The standard InChI is InChI=1S/C20H19ClN6OS/c1-20(2)10-24-17(28-20)11-4-3-5-12(8-11)18-26-27-19(29-18)25-15-7-6-14(23)13(9-22)16(15)21/h3-9,22H,10,23H2,1-2H3,(H,25,27). The fraction of sp³-hybridized carbons (Fsp3) is 0.200. The number of aliphatic imine (C=N–C) groups is 1. The van der Waals surface area contributed by atoms with Gasteiger partial charge in [-0.05, 0) is 38.1 Å². The van der Waals surface area contributed by atoms with Gasteiger partial charge in [-0.1, -0.05) is 35.1 Å². The molecule has 2 heterocycles. The summed E-state index contributed by atoms with van der Waals surface area (Å²) in [7, 11) is 0. The van der Waals surface area contributed by atoms with Crippen molar-refractivity contribution in [1.29, 1.82) is 5.41 Å². The van der Waals surface area contributed by atoms with Crippen LogP contribution in [0.5, 0.6) is 0 Å². The predicted octanol–water partition coefficient (Wildman–Crippen LogP) is 4.74. The van der Waals surface area contributed by atoms with Gasteiger partial charge in [0.2, 0.25) is 11.0 Å². The molecule has 29 heavy (non-hydrogen) atoms. The Morgan fingerprint density at radius 2 is 2.03 bits per heavy atom. The minimum atomic E-state index is -0.279. The van der Waals surface area contributed by atoms with Crippen molar-refractivity contribution in [3.63, 3.8) is 0 Å². The van der Waals surface area contributed by atoms with Crippen LogP contribution in [0.2, 0.25) is 5.02 Å². The maximum absolute atomic E-state index is 7.47. The van der Waals surface area contributed by atoms with Crippen LogP contribution in [0.3, 0.4) is 0 Å². The van der Waals surface area contributed by atoms with Crippen LogP contribution >= 0.6 is 22.9 Å². The Hall–Kier alpha value is -2.97. The number of rotatable bonds is 5. The number of nitrogens with two attached hydrogens (primary N) is 1. The maximum atomic E-state index is 7.47. The fourth-order valence-corrected chi connectivity index (χ4v) is 3.91. The summed E-state index contributed by atoms with van der Waals surface area (Å²) in [5, 5.41) is 20.8. The first-order chi connectivity index (χ1) is 13.9. The SMILES string of the molecule is CC1(C)CN=C(c2cccc(-c3nnc(Nc4ccc(N)c(C=N)c4Cl)s3)c2)O1. The molecular formula is C20H19ClN6OS. The molecule has 0 unspecified atom stereocenters. The van der Waals surface area contributed by atoms with Gasteiger partial charge in [0.25, 0.3) is 0 Å². The van der Waals surface area contributed by atoms with Gasteiger partial charge in [0.15, 0.2) is 0 Å². The molecule has 0 radical (unpaired) electrons. The average Bonchev–Trinajstić information content (AvgIpc) is 3.31. The molecule has 1 aliphatic heterocycles. The van der Waals surface area contributed by atoms with E-state index in [1.807, 2.05) is 38.1 Å². The molecule has 9 heteroatoms. The van der Waals surface area contributed by atoms with E-state index in [0.29, 0.717) is 39.5 Å². The van der Waals surface area contributed by atoms with Crippen molar-refractivity contribution in [2.75, 3.05) is 17.6 Å². The van der Waals surface area contributed by atoms with E-state index in [2.05, 4.69) is 20.5 Å². The summed E-state index contributed by atoms with van der Waals surface area (Å²) in [6.07, 6.45) is 1.13. The van der Waals surface area contributed by atoms with E-state index >= 15 is 0 Å². The number of hydrogen-bond donors (Lipinski definition) is 3. The normalized spacial score (nSPS) is 14.9. The van der Waals surface area contributed by atoms with Gasteiger partial charge in [0, 0.05) is 28.6 Å². The molecule has 148 valence electrons. The zero-order chi connectivity index (χ0) is 20.6. The third-order valence-electron chi connectivity index (χ3n) is 4.36. The molecule has 3 aromatic rings. The third-order valence-corrected chi connectivity index (χ3v) is 5.65. The topological polar surface area (TPSA) is 109 Å². The van der Waals surface area contributed by atoms with E-state index in [0.717, 1.165) is 22.3 Å². The molecule has 0 fully saturated rings. The van der Waals surface area contributed by atoms with Crippen molar-refractivity contribution < 1.29 is 4.74 Å². The number of ether oxygens (including phenoxy) is 1. The number of nitrogen functional groups attached to an aromatic ring is 1. The highest BCUT2D eigenvalue weighted by molar-refractivity contribution is 7.18. The monoisotopic (exact) mass is 426 g/mol. The lowest BCUT2D eigenvalue weighted by atomic mass is 10.1. The van der Waals surface area contributed by atoms with Crippen LogP contribution in [0.1, 0.15) is 25.0 Å². The Kier molecular flexibility index (Phi) is 4.97. The fourth-order valence-electron chi connectivity index (χ4n) is 2.88. The molecule has 0 spiro atoms. The van der Waals surface area contributed by atoms with Crippen LogP contribution in [-0.2, 0) is 4.74 Å². The maximum Gasteiger partial charge on any atom is 0.216 e. The molecule has 4 N–H and O–H groups in total. The number of hydrogen-bond acceptors (Lipinski definition) is 8. The van der Waals surface area contributed by atoms with Gasteiger partial charge in [0.1, 0.15) is 10.6 Å². The molecule has 1 aromatic heterocycles. The van der Waals surface area contributed by atoms with Gasteiger partial charge in [-0.15, -0.1) is 10.2 Å². The van der Waals surface area contributed by atoms with Crippen LogP contribution in [0.25, 0.3) is 10.6 Å². The van der Waals surface area contributed by atoms with Gasteiger partial charge in [-0.3, -0.25) is 0 Å². The molecule has 0 saturated heterocycles. The molecule has 7 nitrogen and oxygen atoms in total. The first-order valence-electron chi connectivity index (χ1n) is 8.89. The van der Waals surface area contributed by atoms with Crippen LogP contribution in [-0.4, -0.2) is 34.5 Å². The average molecular weight is 427 g/mol. The first-order valence-corrected chi connectivity index (χ1v) is 10.1. The zero-order valence-electron chi connectivity index (χ0n) is 15.9. The Morgan fingerprint density at radius 1 is 1.24 bits per heavy atom. The Balaban J connectivity index is 1.58. The summed E-state index contributed by atoms with van der Waals surface area (Å²) in [5.74, 6) is 0.646. The molecule has 4 rings (SSSR count). The van der Waals surface area contributed by atoms with E-state index in [1.165, 1.54) is 11.3 Å². The summed E-state index contributed by atoms with van der Waals surface area (Å²) in [6, 6.07) is 11.3. The van der Waals surface area contributed by atoms with E-state index < -0.39 is 0 Å². The molecule has 0 aliphatic carbocycles. The largest absolute Gasteiger partial charge is 0.469 e. The van der Waals surface area contributed by atoms with Gasteiger partial charge in [-0.25, -0.2) is 4.99 Å². The number of halogens is 1. The number of nitrogens with one attached hydrogen (secondary N) is 2. The Labute approximate surface area is 177 Å². The summed E-state index contributed by atoms with van der Waals surface area (Å²) in [4.78, 5) is 4.49. The minimum absolute atomic E-state index is 0.279. The third kappa shape index (κ3) is 3.94. The highest BCUT2D eigenvalue weighted by atomic mass is 35.5. The van der Waals surface area contributed by atoms with Crippen molar-refractivity contribution in [3.05, 3.63) is 52.5 Å². The van der Waals surface area contributed by atoms with Gasteiger partial charge in [0.05, 0.1) is 17.3 Å². The molecule has 2 aromatic carbocycles. The lowest BCUT2D eigenvalue weighted by molar-refractivity contribution is 0.131. The second-order valence-electron chi connectivity index (χ2n) is 7.18. The first kappa shape index (κ1) is 19.4. The van der Waals surface area contributed by atoms with Crippen molar-refractivity contribution in [3.8, 4) is 10.6 Å². The van der Waals surface area contributed by atoms with Crippen molar-refractivity contribution in [2.45, 2.75) is 19.4 Å². The number of aromatic nitrogens is 2. The summed E-state index contributed by atoms with van der Waals surface area (Å²) >= 11 is 7.74. The number of benzene rings is 2.